The molecule has 0 atom stereocenters. The summed E-state index contributed by atoms with van der Waals surface area (Å²) in [4.78, 5) is 8.34. The number of hydrogen-bond acceptors (Lipinski definition) is 7. The minimum Gasteiger partial charge on any atom is -0.407 e. The molecule has 2 aromatic rings. The molecule has 2 heterocycles. The van der Waals surface area contributed by atoms with Gasteiger partial charge in [-0.05, 0) is 25.5 Å². The number of nitrogens with zero attached hydrogens (tertiary/aromatic N) is 4. The molecular formula is C13H20N6O. The number of anilines is 1. The molecular weight excluding hydrogens is 256 g/mol. The minimum absolute atomic E-state index is 0.405. The fourth-order valence-corrected chi connectivity index (χ4v) is 1.63. The quantitative estimate of drug-likeness (QED) is 0.792. The molecule has 0 aromatic carbocycles. The van der Waals surface area contributed by atoms with E-state index in [0.29, 0.717) is 30.9 Å². The molecule has 0 saturated carbocycles. The van der Waals surface area contributed by atoms with Gasteiger partial charge in [0.2, 0.25) is 5.89 Å². The van der Waals surface area contributed by atoms with Crippen LogP contribution in [0.4, 0.5) is 6.01 Å². The Hall–Kier alpha value is -2.02. The summed E-state index contributed by atoms with van der Waals surface area (Å²) in [7, 11) is 0. The lowest BCUT2D eigenvalue weighted by Crippen LogP contribution is -2.19. The highest BCUT2D eigenvalue weighted by Gasteiger charge is 2.06. The maximum Gasteiger partial charge on any atom is 0.315 e. The summed E-state index contributed by atoms with van der Waals surface area (Å²) < 4.78 is 5.48. The Morgan fingerprint density at radius 2 is 2.10 bits per heavy atom. The lowest BCUT2D eigenvalue weighted by Gasteiger charge is -2.04. The summed E-state index contributed by atoms with van der Waals surface area (Å²) in [5, 5.41) is 14.2. The van der Waals surface area contributed by atoms with Gasteiger partial charge in [0.05, 0.1) is 18.8 Å². The van der Waals surface area contributed by atoms with Crippen molar-refractivity contribution < 1.29 is 4.42 Å². The molecule has 0 radical (unpaired) electrons. The van der Waals surface area contributed by atoms with Gasteiger partial charge in [0, 0.05) is 6.20 Å². The summed E-state index contributed by atoms with van der Waals surface area (Å²) in [5.74, 6) is 1.91. The van der Waals surface area contributed by atoms with Crippen LogP contribution in [0.5, 0.6) is 0 Å². The molecule has 0 saturated heterocycles. The van der Waals surface area contributed by atoms with E-state index in [1.165, 1.54) is 0 Å². The summed E-state index contributed by atoms with van der Waals surface area (Å²) >= 11 is 0. The van der Waals surface area contributed by atoms with E-state index in [1.54, 1.807) is 6.20 Å². The number of aryl methyl sites for hydroxylation is 1. The first-order valence-corrected chi connectivity index (χ1v) is 6.69. The first-order chi connectivity index (χ1) is 9.63. The van der Waals surface area contributed by atoms with Gasteiger partial charge in [-0.3, -0.25) is 0 Å². The number of rotatable bonds is 7. The van der Waals surface area contributed by atoms with E-state index in [2.05, 4.69) is 44.6 Å². The van der Waals surface area contributed by atoms with Gasteiger partial charge in [-0.15, -0.1) is 5.10 Å². The van der Waals surface area contributed by atoms with Gasteiger partial charge in [0.15, 0.2) is 0 Å². The van der Waals surface area contributed by atoms with Gasteiger partial charge in [-0.2, -0.15) is 0 Å². The highest BCUT2D eigenvalue weighted by molar-refractivity contribution is 5.19. The van der Waals surface area contributed by atoms with Crippen LogP contribution in [0.3, 0.4) is 0 Å². The lowest BCUT2D eigenvalue weighted by molar-refractivity contribution is 0.458. The van der Waals surface area contributed by atoms with Crippen molar-refractivity contribution >= 4 is 6.01 Å². The average Bonchev–Trinajstić information content (AvgIpc) is 2.84. The Labute approximate surface area is 118 Å². The molecule has 2 rings (SSSR count). The molecule has 7 heteroatoms. The Morgan fingerprint density at radius 1 is 1.25 bits per heavy atom. The molecule has 0 unspecified atom stereocenters. The van der Waals surface area contributed by atoms with Crippen LogP contribution in [0.25, 0.3) is 0 Å². The molecule has 108 valence electrons. The van der Waals surface area contributed by atoms with Crippen molar-refractivity contribution in [1.29, 1.82) is 0 Å². The second-order valence-electron chi connectivity index (χ2n) is 4.97. The minimum atomic E-state index is 0.405. The zero-order valence-corrected chi connectivity index (χ0v) is 12.1. The standard InChI is InChI=1S/C13H20N6O/c1-9(2)6-14-8-12-18-19-13(20-12)16-7-11-4-5-15-10(3)17-11/h4-5,9,14H,6-8H2,1-3H3,(H,16,19). The van der Waals surface area contributed by atoms with Gasteiger partial charge in [-0.1, -0.05) is 18.9 Å². The van der Waals surface area contributed by atoms with Crippen LogP contribution in [0.15, 0.2) is 16.7 Å². The van der Waals surface area contributed by atoms with Gasteiger partial charge in [-0.25, -0.2) is 9.97 Å². The summed E-state index contributed by atoms with van der Waals surface area (Å²) in [6, 6.07) is 2.25. The van der Waals surface area contributed by atoms with Crippen molar-refractivity contribution in [3.8, 4) is 0 Å². The molecule has 0 fully saturated rings. The van der Waals surface area contributed by atoms with Crippen LogP contribution >= 0.6 is 0 Å². The van der Waals surface area contributed by atoms with Crippen molar-refractivity contribution in [3.63, 3.8) is 0 Å². The number of hydrogen-bond donors (Lipinski definition) is 2. The van der Waals surface area contributed by atoms with Crippen LogP contribution in [0.2, 0.25) is 0 Å². The van der Waals surface area contributed by atoms with Gasteiger partial charge in [0.1, 0.15) is 5.82 Å². The molecule has 0 spiro atoms. The predicted octanol–water partition coefficient (Wildman–Crippen LogP) is 1.53. The topological polar surface area (TPSA) is 88.8 Å². The van der Waals surface area contributed by atoms with E-state index in [9.17, 15) is 0 Å². The van der Waals surface area contributed by atoms with E-state index >= 15 is 0 Å². The van der Waals surface area contributed by atoms with E-state index in [0.717, 1.165) is 18.1 Å². The monoisotopic (exact) mass is 276 g/mol. The van der Waals surface area contributed by atoms with Gasteiger partial charge >= 0.3 is 6.01 Å². The normalized spacial score (nSPS) is 11.0. The first kappa shape index (κ1) is 14.4. The molecule has 7 nitrogen and oxygen atoms in total. The fraction of sp³-hybridized carbons (Fsp3) is 0.538. The molecule has 0 aliphatic heterocycles. The number of nitrogens with one attached hydrogen (secondary N) is 2. The average molecular weight is 276 g/mol. The molecule has 2 N–H and O–H groups in total. The maximum atomic E-state index is 5.48. The van der Waals surface area contributed by atoms with Gasteiger partial charge in [0.25, 0.3) is 0 Å². The van der Waals surface area contributed by atoms with Crippen molar-refractivity contribution in [2.45, 2.75) is 33.9 Å². The van der Waals surface area contributed by atoms with Crippen LogP contribution in [-0.2, 0) is 13.1 Å². The summed E-state index contributed by atoms with van der Waals surface area (Å²) in [6.45, 7) is 8.19. The van der Waals surface area contributed by atoms with E-state index in [1.807, 2.05) is 13.0 Å². The largest absolute Gasteiger partial charge is 0.407 e. The van der Waals surface area contributed by atoms with Crippen molar-refractivity contribution in [3.05, 3.63) is 29.7 Å². The second-order valence-corrected chi connectivity index (χ2v) is 4.97. The molecule has 0 aliphatic carbocycles. The SMILES string of the molecule is Cc1nccc(CNc2nnc(CNCC(C)C)o2)n1. The lowest BCUT2D eigenvalue weighted by atomic mass is 10.2. The van der Waals surface area contributed by atoms with E-state index < -0.39 is 0 Å². The van der Waals surface area contributed by atoms with Crippen LogP contribution < -0.4 is 10.6 Å². The Bertz CT molecular complexity index is 539. The smallest absolute Gasteiger partial charge is 0.315 e. The molecule has 20 heavy (non-hydrogen) atoms. The van der Waals surface area contributed by atoms with Crippen molar-refractivity contribution in [2.75, 3.05) is 11.9 Å². The summed E-state index contributed by atoms with van der Waals surface area (Å²) in [6.07, 6.45) is 1.73. The zero-order valence-electron chi connectivity index (χ0n) is 12.1. The zero-order chi connectivity index (χ0) is 14.4. The van der Waals surface area contributed by atoms with Crippen molar-refractivity contribution in [2.24, 2.45) is 5.92 Å². The highest BCUT2D eigenvalue weighted by atomic mass is 16.4. The molecule has 0 aliphatic rings. The van der Waals surface area contributed by atoms with Gasteiger partial charge < -0.3 is 15.1 Å². The molecule has 0 bridgehead atoms. The molecule has 2 aromatic heterocycles. The fourth-order valence-electron chi connectivity index (χ4n) is 1.63. The van der Waals surface area contributed by atoms with Crippen molar-refractivity contribution in [1.82, 2.24) is 25.5 Å². The summed E-state index contributed by atoms with van der Waals surface area (Å²) in [5.41, 5.74) is 0.884. The Balaban J connectivity index is 1.80. The third-order valence-corrected chi connectivity index (χ3v) is 2.55. The Kier molecular flexibility index (Phi) is 5.00. The van der Waals surface area contributed by atoms with Crippen LogP contribution in [-0.4, -0.2) is 26.7 Å². The third-order valence-electron chi connectivity index (χ3n) is 2.55. The van der Waals surface area contributed by atoms with E-state index in [-0.39, 0.29) is 0 Å². The maximum absolute atomic E-state index is 5.48. The molecule has 0 amide bonds. The third kappa shape index (κ3) is 4.58. The first-order valence-electron chi connectivity index (χ1n) is 6.69. The highest BCUT2D eigenvalue weighted by Crippen LogP contribution is 2.07. The van der Waals surface area contributed by atoms with Crippen LogP contribution in [0, 0.1) is 12.8 Å². The predicted molar refractivity (Wildman–Crippen MR) is 74.9 cm³/mol. The number of aromatic nitrogens is 4. The Morgan fingerprint density at radius 3 is 2.85 bits per heavy atom. The second kappa shape index (κ2) is 6.95. The van der Waals surface area contributed by atoms with Crippen LogP contribution in [0.1, 0.15) is 31.3 Å². The van der Waals surface area contributed by atoms with E-state index in [4.69, 9.17) is 4.42 Å².